The topological polar surface area (TPSA) is 76.2 Å². The molecule has 0 bridgehead atoms. The monoisotopic (exact) mass is 416 g/mol. The molecule has 1 aliphatic heterocycles. The number of fused-ring (bicyclic) bond motifs is 1. The van der Waals surface area contributed by atoms with Crippen LogP contribution in [0.5, 0.6) is 0 Å². The summed E-state index contributed by atoms with van der Waals surface area (Å²) in [7, 11) is 1.57. The van der Waals surface area contributed by atoms with E-state index in [1.165, 1.54) is 16.2 Å². The molecular weight excluding hydrogens is 392 g/mol. The number of carbonyl (C=O) groups excluding carboxylic acids is 3. The second-order valence-electron chi connectivity index (χ2n) is 6.55. The molecule has 0 aliphatic carbocycles. The number of hydrogen-bond donors (Lipinski definition) is 0. The Kier molecular flexibility index (Phi) is 7.00. The molecule has 29 heavy (non-hydrogen) atoms. The van der Waals surface area contributed by atoms with Crippen molar-refractivity contribution < 1.29 is 23.9 Å². The Morgan fingerprint density at radius 1 is 1.21 bits per heavy atom. The van der Waals surface area contributed by atoms with Crippen LogP contribution in [0.3, 0.4) is 0 Å². The van der Waals surface area contributed by atoms with Crippen molar-refractivity contribution in [2.75, 3.05) is 38.3 Å². The first kappa shape index (κ1) is 21.0. The van der Waals surface area contributed by atoms with E-state index in [1.54, 1.807) is 31.1 Å². The molecule has 0 N–H and O–H groups in total. The molecule has 2 amide bonds. The van der Waals surface area contributed by atoms with E-state index in [0.717, 1.165) is 5.56 Å². The predicted octanol–water partition coefficient (Wildman–Crippen LogP) is 2.88. The number of carbonyl (C=O) groups is 3. The van der Waals surface area contributed by atoms with Gasteiger partial charge in [-0.15, -0.1) is 11.3 Å². The lowest BCUT2D eigenvalue weighted by Crippen LogP contribution is -2.39. The summed E-state index contributed by atoms with van der Waals surface area (Å²) in [4.78, 5) is 41.8. The number of nitrogens with zero attached hydrogens (tertiary/aromatic N) is 2. The van der Waals surface area contributed by atoms with Crippen LogP contribution in [0.15, 0.2) is 41.8 Å². The molecule has 0 fully saturated rings. The second kappa shape index (κ2) is 9.67. The van der Waals surface area contributed by atoms with Crippen LogP contribution >= 0.6 is 11.3 Å². The first-order valence-corrected chi connectivity index (χ1v) is 10.3. The minimum absolute atomic E-state index is 0.0985. The fourth-order valence-corrected chi connectivity index (χ4v) is 4.04. The maximum Gasteiger partial charge on any atom is 0.326 e. The van der Waals surface area contributed by atoms with Crippen molar-refractivity contribution in [2.45, 2.75) is 19.4 Å². The normalized spacial score (nSPS) is 17.2. The summed E-state index contributed by atoms with van der Waals surface area (Å²) in [6.07, 6.45) is -0.341. The maximum atomic E-state index is 13.0. The quantitative estimate of drug-likeness (QED) is 0.701. The van der Waals surface area contributed by atoms with E-state index in [2.05, 4.69) is 0 Å². The van der Waals surface area contributed by atoms with Gasteiger partial charge in [-0.25, -0.2) is 0 Å². The van der Waals surface area contributed by atoms with Crippen LogP contribution in [-0.2, 0) is 19.1 Å². The van der Waals surface area contributed by atoms with Gasteiger partial charge in [0.2, 0.25) is 5.91 Å². The van der Waals surface area contributed by atoms with Crippen molar-refractivity contribution in [3.05, 3.63) is 52.2 Å². The van der Waals surface area contributed by atoms with Gasteiger partial charge >= 0.3 is 5.97 Å². The number of anilines is 1. The summed E-state index contributed by atoms with van der Waals surface area (Å²) in [6, 6.07) is 10.9. The van der Waals surface area contributed by atoms with Crippen molar-refractivity contribution in [1.29, 1.82) is 0 Å². The smallest absolute Gasteiger partial charge is 0.326 e. The number of esters is 1. The molecule has 1 aromatic heterocycles. The van der Waals surface area contributed by atoms with Crippen molar-refractivity contribution in [3.8, 4) is 0 Å². The first-order chi connectivity index (χ1) is 14.0. The molecule has 1 aromatic carbocycles. The Balaban J connectivity index is 1.97. The molecule has 2 aromatic rings. The molecule has 2 heterocycles. The number of rotatable bonds is 5. The first-order valence-electron chi connectivity index (χ1n) is 9.45. The van der Waals surface area contributed by atoms with Gasteiger partial charge in [-0.2, -0.15) is 0 Å². The Morgan fingerprint density at radius 2 is 2.00 bits per heavy atom. The molecule has 1 atom stereocenters. The van der Waals surface area contributed by atoms with E-state index < -0.39 is 12.1 Å². The Morgan fingerprint density at radius 3 is 2.69 bits per heavy atom. The molecule has 1 aliphatic rings. The summed E-state index contributed by atoms with van der Waals surface area (Å²) >= 11 is 1.36. The molecular formula is C21H24N2O5S. The highest BCUT2D eigenvalue weighted by atomic mass is 32.1. The molecule has 7 nitrogen and oxygen atoms in total. The summed E-state index contributed by atoms with van der Waals surface area (Å²) in [6.45, 7) is 2.33. The van der Waals surface area contributed by atoms with E-state index in [9.17, 15) is 14.4 Å². The van der Waals surface area contributed by atoms with Gasteiger partial charge in [0.1, 0.15) is 12.6 Å². The molecule has 154 valence electrons. The highest BCUT2D eigenvalue weighted by Gasteiger charge is 2.30. The summed E-state index contributed by atoms with van der Waals surface area (Å²) in [5.41, 5.74) is 1.35. The SMILES string of the molecule is CCOC(=O)CN1C(=O)CCN(C(=O)c2cccs2)CC(OC)c2ccccc21. The van der Waals surface area contributed by atoms with Gasteiger partial charge in [0, 0.05) is 25.6 Å². The lowest BCUT2D eigenvalue weighted by Gasteiger charge is -2.27. The average Bonchev–Trinajstić information content (AvgIpc) is 3.27. The average molecular weight is 416 g/mol. The second-order valence-corrected chi connectivity index (χ2v) is 7.49. The van der Waals surface area contributed by atoms with Gasteiger partial charge in [0.15, 0.2) is 0 Å². The van der Waals surface area contributed by atoms with E-state index in [-0.39, 0.29) is 37.9 Å². The van der Waals surface area contributed by atoms with Crippen molar-refractivity contribution in [1.82, 2.24) is 4.90 Å². The van der Waals surface area contributed by atoms with Crippen LogP contribution in [0.1, 0.15) is 34.7 Å². The number of benzene rings is 1. The Labute approximate surface area is 173 Å². The van der Waals surface area contributed by atoms with Crippen molar-refractivity contribution >= 4 is 34.8 Å². The number of hydrogen-bond acceptors (Lipinski definition) is 6. The standard InChI is InChI=1S/C21H24N2O5S/c1-3-28-20(25)14-23-16-8-5-4-7-15(16)17(27-2)13-22(11-10-19(23)24)21(26)18-9-6-12-29-18/h4-9,12,17H,3,10-11,13-14H2,1-2H3. The number of methoxy groups -OCH3 is 1. The lowest BCUT2D eigenvalue weighted by molar-refractivity contribution is -0.142. The van der Waals surface area contributed by atoms with Crippen LogP contribution in [0.2, 0.25) is 0 Å². The lowest BCUT2D eigenvalue weighted by atomic mass is 10.1. The molecule has 1 unspecified atom stereocenters. The van der Waals surface area contributed by atoms with Gasteiger partial charge < -0.3 is 19.3 Å². The number of amides is 2. The fraction of sp³-hybridized carbons (Fsp3) is 0.381. The largest absolute Gasteiger partial charge is 0.465 e. The zero-order chi connectivity index (χ0) is 20.8. The van der Waals surface area contributed by atoms with Gasteiger partial charge in [-0.05, 0) is 24.4 Å². The van der Waals surface area contributed by atoms with E-state index in [0.29, 0.717) is 17.1 Å². The van der Waals surface area contributed by atoms with Crippen LogP contribution in [-0.4, -0.2) is 56.0 Å². The molecule has 0 saturated heterocycles. The van der Waals surface area contributed by atoms with E-state index >= 15 is 0 Å². The molecule has 0 saturated carbocycles. The van der Waals surface area contributed by atoms with E-state index in [4.69, 9.17) is 9.47 Å². The molecule has 8 heteroatoms. The number of ether oxygens (including phenoxy) is 2. The molecule has 0 spiro atoms. The van der Waals surface area contributed by atoms with Gasteiger partial charge in [-0.1, -0.05) is 24.3 Å². The summed E-state index contributed by atoms with van der Waals surface area (Å²) in [5, 5.41) is 1.85. The number of para-hydroxylation sites is 1. The van der Waals surface area contributed by atoms with Crippen LogP contribution in [0.25, 0.3) is 0 Å². The molecule has 3 rings (SSSR count). The van der Waals surface area contributed by atoms with Crippen LogP contribution < -0.4 is 4.90 Å². The fourth-order valence-electron chi connectivity index (χ4n) is 3.35. The number of thiophene rings is 1. The highest BCUT2D eigenvalue weighted by molar-refractivity contribution is 7.12. The minimum Gasteiger partial charge on any atom is -0.465 e. The van der Waals surface area contributed by atoms with E-state index in [1.807, 2.05) is 29.6 Å². The van der Waals surface area contributed by atoms with Crippen molar-refractivity contribution in [2.24, 2.45) is 0 Å². The van der Waals surface area contributed by atoms with Gasteiger partial charge in [-0.3, -0.25) is 14.4 Å². The van der Waals surface area contributed by atoms with Gasteiger partial charge in [0.05, 0.1) is 23.7 Å². The van der Waals surface area contributed by atoms with Crippen LogP contribution in [0, 0.1) is 0 Å². The minimum atomic E-state index is -0.476. The third kappa shape index (κ3) is 4.83. The zero-order valence-corrected chi connectivity index (χ0v) is 17.3. The zero-order valence-electron chi connectivity index (χ0n) is 16.5. The molecule has 0 radical (unpaired) electrons. The van der Waals surface area contributed by atoms with Crippen LogP contribution in [0.4, 0.5) is 5.69 Å². The van der Waals surface area contributed by atoms with Gasteiger partial charge in [0.25, 0.3) is 5.91 Å². The third-order valence-electron chi connectivity index (χ3n) is 4.75. The maximum absolute atomic E-state index is 13.0. The Bertz CT molecular complexity index is 868. The summed E-state index contributed by atoms with van der Waals surface area (Å²) in [5.74, 6) is -0.854. The van der Waals surface area contributed by atoms with Crippen molar-refractivity contribution in [3.63, 3.8) is 0 Å². The highest BCUT2D eigenvalue weighted by Crippen LogP contribution is 2.31. The predicted molar refractivity (Wildman–Crippen MR) is 110 cm³/mol. The summed E-state index contributed by atoms with van der Waals surface area (Å²) < 4.78 is 10.7. The Hall–Kier alpha value is -2.71. The third-order valence-corrected chi connectivity index (χ3v) is 5.61.